The van der Waals surface area contributed by atoms with Crippen molar-refractivity contribution in [3.8, 4) is 0 Å². The van der Waals surface area contributed by atoms with Crippen LogP contribution in [0.4, 0.5) is 17.4 Å². The average molecular weight is 455 g/mol. The van der Waals surface area contributed by atoms with Gasteiger partial charge in [-0.15, -0.1) is 5.10 Å². The van der Waals surface area contributed by atoms with Gasteiger partial charge in [0.05, 0.1) is 0 Å². The third-order valence-electron chi connectivity index (χ3n) is 5.66. The number of hydrogen-bond acceptors (Lipinski definition) is 6. The van der Waals surface area contributed by atoms with E-state index < -0.39 is 11.9 Å². The van der Waals surface area contributed by atoms with Gasteiger partial charge in [-0.2, -0.15) is 0 Å². The normalized spacial score (nSPS) is 18.2. The van der Waals surface area contributed by atoms with Crippen molar-refractivity contribution in [3.63, 3.8) is 0 Å². The van der Waals surface area contributed by atoms with Crippen molar-refractivity contribution in [1.29, 1.82) is 0 Å². The molecule has 8 nitrogen and oxygen atoms in total. The third kappa shape index (κ3) is 5.64. The molecule has 0 saturated heterocycles. The van der Waals surface area contributed by atoms with E-state index in [1.807, 2.05) is 24.3 Å². The van der Waals surface area contributed by atoms with E-state index in [9.17, 15) is 9.59 Å². The predicted octanol–water partition coefficient (Wildman–Crippen LogP) is 5.47. The maximum Gasteiger partial charge on any atom is 0.320 e. The molecule has 9 heteroatoms. The van der Waals surface area contributed by atoms with Crippen LogP contribution in [0.15, 0.2) is 52.9 Å². The standard InChI is InChI=1S/C23H23ClN4O4/c24-17-7-11-19(12-8-17)26-23-28-27-22(32-23)21(31)25-18-9-5-16(6-10-18)15-3-1-14(2-4-15)13-20(29)30/h5-12,14-15H,1-4,13H2,(H,25,31)(H,26,28)(H,29,30). The second-order valence-corrected chi connectivity index (χ2v) is 8.37. The van der Waals surface area contributed by atoms with Crippen LogP contribution in [0, 0.1) is 5.92 Å². The smallest absolute Gasteiger partial charge is 0.320 e. The van der Waals surface area contributed by atoms with Gasteiger partial charge in [-0.05, 0) is 79.5 Å². The Morgan fingerprint density at radius 1 is 0.969 bits per heavy atom. The first kappa shape index (κ1) is 21.8. The fourth-order valence-electron chi connectivity index (χ4n) is 3.99. The van der Waals surface area contributed by atoms with Gasteiger partial charge in [0.15, 0.2) is 0 Å². The van der Waals surface area contributed by atoms with Crippen molar-refractivity contribution in [2.24, 2.45) is 5.92 Å². The molecule has 0 unspecified atom stereocenters. The number of aromatic nitrogens is 2. The molecule has 32 heavy (non-hydrogen) atoms. The van der Waals surface area contributed by atoms with Crippen molar-refractivity contribution in [1.82, 2.24) is 10.2 Å². The number of nitrogens with one attached hydrogen (secondary N) is 2. The molecule has 1 aliphatic carbocycles. The molecule has 0 radical (unpaired) electrons. The number of carbonyl (C=O) groups excluding carboxylic acids is 1. The van der Waals surface area contributed by atoms with Gasteiger partial charge in [0.2, 0.25) is 0 Å². The lowest BCUT2D eigenvalue weighted by Gasteiger charge is -2.28. The summed E-state index contributed by atoms with van der Waals surface area (Å²) in [5.74, 6) is -0.674. The van der Waals surface area contributed by atoms with Crippen LogP contribution in [0.5, 0.6) is 0 Å². The molecule has 1 fully saturated rings. The van der Waals surface area contributed by atoms with Crippen LogP contribution in [0.3, 0.4) is 0 Å². The number of hydrogen-bond donors (Lipinski definition) is 3. The minimum absolute atomic E-state index is 0.103. The first-order chi connectivity index (χ1) is 15.5. The lowest BCUT2D eigenvalue weighted by atomic mass is 9.77. The van der Waals surface area contributed by atoms with Crippen LogP contribution >= 0.6 is 11.6 Å². The zero-order chi connectivity index (χ0) is 22.5. The third-order valence-corrected chi connectivity index (χ3v) is 5.92. The number of carboxylic acids is 1. The molecule has 1 aromatic heterocycles. The van der Waals surface area contributed by atoms with Crippen LogP contribution < -0.4 is 10.6 Å². The SMILES string of the molecule is O=C(O)CC1CCC(c2ccc(NC(=O)c3nnc(Nc4ccc(Cl)cc4)o3)cc2)CC1. The number of aliphatic carboxylic acids is 1. The summed E-state index contributed by atoms with van der Waals surface area (Å²) in [6, 6.07) is 14.8. The van der Waals surface area contributed by atoms with E-state index in [1.165, 1.54) is 5.56 Å². The number of carboxylic acid groups (broad SMARTS) is 1. The van der Waals surface area contributed by atoms with Crippen molar-refractivity contribution in [2.45, 2.75) is 38.0 Å². The summed E-state index contributed by atoms with van der Waals surface area (Å²) in [6.45, 7) is 0. The lowest BCUT2D eigenvalue weighted by Crippen LogP contribution is -2.16. The lowest BCUT2D eigenvalue weighted by molar-refractivity contribution is -0.138. The molecule has 1 amide bonds. The summed E-state index contributed by atoms with van der Waals surface area (Å²) in [5, 5.41) is 22.9. The van der Waals surface area contributed by atoms with Crippen LogP contribution in [-0.4, -0.2) is 27.2 Å². The van der Waals surface area contributed by atoms with Crippen molar-refractivity contribution in [3.05, 3.63) is 65.0 Å². The van der Waals surface area contributed by atoms with Gasteiger partial charge in [0, 0.05) is 22.8 Å². The van der Waals surface area contributed by atoms with Crippen molar-refractivity contribution < 1.29 is 19.1 Å². The highest BCUT2D eigenvalue weighted by Gasteiger charge is 2.24. The number of nitrogens with zero attached hydrogens (tertiary/aromatic N) is 2. The van der Waals surface area contributed by atoms with Crippen LogP contribution in [0.1, 0.15) is 54.3 Å². The topological polar surface area (TPSA) is 117 Å². The highest BCUT2D eigenvalue weighted by molar-refractivity contribution is 6.30. The zero-order valence-electron chi connectivity index (χ0n) is 17.3. The molecule has 1 heterocycles. The molecule has 0 spiro atoms. The fraction of sp³-hybridized carbons (Fsp3) is 0.304. The van der Waals surface area contributed by atoms with E-state index in [-0.39, 0.29) is 24.2 Å². The molecular weight excluding hydrogens is 432 g/mol. The largest absolute Gasteiger partial charge is 0.481 e. The van der Waals surface area contributed by atoms with E-state index in [0.29, 0.717) is 22.3 Å². The molecule has 2 aromatic carbocycles. The highest BCUT2D eigenvalue weighted by Crippen LogP contribution is 2.37. The minimum atomic E-state index is -0.720. The van der Waals surface area contributed by atoms with E-state index in [1.54, 1.807) is 24.3 Å². The highest BCUT2D eigenvalue weighted by atomic mass is 35.5. The van der Waals surface area contributed by atoms with E-state index in [4.69, 9.17) is 21.1 Å². The van der Waals surface area contributed by atoms with Gasteiger partial charge in [0.25, 0.3) is 0 Å². The first-order valence-electron chi connectivity index (χ1n) is 10.5. The Labute approximate surface area is 190 Å². The predicted molar refractivity (Wildman–Crippen MR) is 120 cm³/mol. The summed E-state index contributed by atoms with van der Waals surface area (Å²) >= 11 is 5.86. The van der Waals surface area contributed by atoms with Crippen molar-refractivity contribution in [2.75, 3.05) is 10.6 Å². The number of rotatable bonds is 7. The van der Waals surface area contributed by atoms with Gasteiger partial charge < -0.3 is 20.2 Å². The van der Waals surface area contributed by atoms with Gasteiger partial charge >= 0.3 is 23.8 Å². The molecule has 4 rings (SSSR count). The number of halogens is 1. The Morgan fingerprint density at radius 2 is 1.62 bits per heavy atom. The minimum Gasteiger partial charge on any atom is -0.481 e. The van der Waals surface area contributed by atoms with Gasteiger partial charge in [0.1, 0.15) is 0 Å². The number of anilines is 3. The van der Waals surface area contributed by atoms with Gasteiger partial charge in [-0.25, -0.2) is 0 Å². The molecule has 3 aromatic rings. The zero-order valence-corrected chi connectivity index (χ0v) is 18.0. The second kappa shape index (κ2) is 9.82. The molecular formula is C23H23ClN4O4. The Kier molecular flexibility index (Phi) is 6.70. The molecule has 0 atom stereocenters. The first-order valence-corrected chi connectivity index (χ1v) is 10.8. The maximum atomic E-state index is 12.4. The Bertz CT molecular complexity index is 1070. The number of benzene rings is 2. The molecule has 1 aliphatic rings. The Hall–Kier alpha value is -3.39. The second-order valence-electron chi connectivity index (χ2n) is 7.94. The van der Waals surface area contributed by atoms with E-state index in [2.05, 4.69) is 20.8 Å². The summed E-state index contributed by atoms with van der Waals surface area (Å²) in [4.78, 5) is 23.3. The summed E-state index contributed by atoms with van der Waals surface area (Å²) in [5.41, 5.74) is 2.53. The molecule has 166 valence electrons. The molecule has 1 saturated carbocycles. The van der Waals surface area contributed by atoms with Crippen molar-refractivity contribution >= 4 is 40.9 Å². The maximum absolute atomic E-state index is 12.4. The molecule has 3 N–H and O–H groups in total. The summed E-state index contributed by atoms with van der Waals surface area (Å²) in [6.07, 6.45) is 4.08. The average Bonchev–Trinajstić information content (AvgIpc) is 3.25. The molecule has 0 aliphatic heterocycles. The van der Waals surface area contributed by atoms with Crippen LogP contribution in [0.25, 0.3) is 0 Å². The Balaban J connectivity index is 1.31. The van der Waals surface area contributed by atoms with Crippen LogP contribution in [0.2, 0.25) is 5.02 Å². The number of carbonyl (C=O) groups is 2. The number of amides is 1. The molecule has 0 bridgehead atoms. The van der Waals surface area contributed by atoms with Gasteiger partial charge in [-0.1, -0.05) is 28.8 Å². The summed E-state index contributed by atoms with van der Waals surface area (Å²) in [7, 11) is 0. The summed E-state index contributed by atoms with van der Waals surface area (Å²) < 4.78 is 5.39. The fourth-order valence-corrected chi connectivity index (χ4v) is 4.12. The van der Waals surface area contributed by atoms with E-state index in [0.717, 1.165) is 25.7 Å². The van der Waals surface area contributed by atoms with E-state index >= 15 is 0 Å². The van der Waals surface area contributed by atoms with Gasteiger partial charge in [-0.3, -0.25) is 9.59 Å². The van der Waals surface area contributed by atoms with Crippen LogP contribution in [-0.2, 0) is 4.79 Å². The monoisotopic (exact) mass is 454 g/mol. The Morgan fingerprint density at radius 3 is 2.28 bits per heavy atom. The quantitative estimate of drug-likeness (QED) is 0.433.